The fourth-order valence-corrected chi connectivity index (χ4v) is 4.21. The maximum absolute atomic E-state index is 12.6. The SMILES string of the molecule is O=S(=O)(NCc1cnn(-c2ccccc2)c1)c1cccc2nsnc12. The molecule has 2 aromatic heterocycles. The topological polar surface area (TPSA) is 89.8 Å². The Bertz CT molecular complexity index is 1120. The number of para-hydroxylation sites is 1. The minimum Gasteiger partial charge on any atom is -0.241 e. The average molecular weight is 371 g/mol. The van der Waals surface area contributed by atoms with Crippen LogP contribution in [0.15, 0.2) is 65.8 Å². The summed E-state index contributed by atoms with van der Waals surface area (Å²) in [7, 11) is -3.69. The van der Waals surface area contributed by atoms with E-state index < -0.39 is 10.0 Å². The number of benzene rings is 2. The van der Waals surface area contributed by atoms with Crippen LogP contribution in [-0.2, 0) is 16.6 Å². The molecule has 0 saturated carbocycles. The van der Waals surface area contributed by atoms with Crippen LogP contribution in [0.4, 0.5) is 0 Å². The summed E-state index contributed by atoms with van der Waals surface area (Å²) >= 11 is 0.993. The molecule has 9 heteroatoms. The van der Waals surface area contributed by atoms with Crippen LogP contribution in [0.2, 0.25) is 0 Å². The van der Waals surface area contributed by atoms with Crippen molar-refractivity contribution in [2.45, 2.75) is 11.4 Å². The third-order valence-electron chi connectivity index (χ3n) is 3.66. The zero-order valence-electron chi connectivity index (χ0n) is 12.9. The van der Waals surface area contributed by atoms with Gasteiger partial charge in [0.2, 0.25) is 10.0 Å². The Labute approximate surface area is 148 Å². The minimum absolute atomic E-state index is 0.134. The molecule has 7 nitrogen and oxygen atoms in total. The molecule has 4 rings (SSSR count). The van der Waals surface area contributed by atoms with E-state index in [4.69, 9.17) is 0 Å². The minimum atomic E-state index is -3.69. The van der Waals surface area contributed by atoms with E-state index in [9.17, 15) is 8.42 Å². The van der Waals surface area contributed by atoms with E-state index in [2.05, 4.69) is 18.6 Å². The van der Waals surface area contributed by atoms with Gasteiger partial charge in [0.05, 0.1) is 23.6 Å². The molecule has 25 heavy (non-hydrogen) atoms. The van der Waals surface area contributed by atoms with E-state index in [1.54, 1.807) is 29.2 Å². The molecule has 0 fully saturated rings. The first kappa shape index (κ1) is 15.9. The Morgan fingerprint density at radius 3 is 2.72 bits per heavy atom. The summed E-state index contributed by atoms with van der Waals surface area (Å²) in [5.74, 6) is 0. The van der Waals surface area contributed by atoms with Gasteiger partial charge in [-0.3, -0.25) is 0 Å². The lowest BCUT2D eigenvalue weighted by atomic mass is 10.3. The maximum Gasteiger partial charge on any atom is 0.243 e. The molecule has 4 aromatic rings. The Morgan fingerprint density at radius 2 is 1.88 bits per heavy atom. The Balaban J connectivity index is 1.55. The smallest absolute Gasteiger partial charge is 0.241 e. The van der Waals surface area contributed by atoms with Crippen molar-refractivity contribution in [2.24, 2.45) is 0 Å². The molecule has 0 saturated heterocycles. The zero-order chi connectivity index (χ0) is 17.3. The van der Waals surface area contributed by atoms with Crippen LogP contribution in [0.3, 0.4) is 0 Å². The Hall–Kier alpha value is -2.62. The quantitative estimate of drug-likeness (QED) is 0.582. The molecule has 0 unspecified atom stereocenters. The average Bonchev–Trinajstić information content (AvgIpc) is 3.29. The largest absolute Gasteiger partial charge is 0.243 e. The van der Waals surface area contributed by atoms with Gasteiger partial charge in [-0.1, -0.05) is 24.3 Å². The first-order chi connectivity index (χ1) is 12.1. The summed E-state index contributed by atoms with van der Waals surface area (Å²) < 4.78 is 37.6. The van der Waals surface area contributed by atoms with Gasteiger partial charge in [0.25, 0.3) is 0 Å². The monoisotopic (exact) mass is 371 g/mol. The van der Waals surface area contributed by atoms with Crippen LogP contribution < -0.4 is 4.72 Å². The van der Waals surface area contributed by atoms with Gasteiger partial charge >= 0.3 is 0 Å². The zero-order valence-corrected chi connectivity index (χ0v) is 14.5. The van der Waals surface area contributed by atoms with Crippen LogP contribution in [0.1, 0.15) is 5.56 Å². The number of aromatic nitrogens is 4. The first-order valence-corrected chi connectivity index (χ1v) is 9.65. The van der Waals surface area contributed by atoms with E-state index in [-0.39, 0.29) is 11.4 Å². The van der Waals surface area contributed by atoms with Crippen LogP contribution in [0.5, 0.6) is 0 Å². The molecular weight excluding hydrogens is 358 g/mol. The highest BCUT2D eigenvalue weighted by Gasteiger charge is 2.19. The van der Waals surface area contributed by atoms with Gasteiger partial charge in [-0.15, -0.1) is 0 Å². The molecule has 1 N–H and O–H groups in total. The predicted octanol–water partition coefficient (Wildman–Crippen LogP) is 2.36. The molecule has 0 spiro atoms. The lowest BCUT2D eigenvalue weighted by molar-refractivity contribution is 0.582. The third kappa shape index (κ3) is 3.16. The molecule has 0 atom stereocenters. The molecular formula is C16H13N5O2S2. The van der Waals surface area contributed by atoms with E-state index in [0.29, 0.717) is 11.0 Å². The first-order valence-electron chi connectivity index (χ1n) is 7.43. The number of rotatable bonds is 5. The number of sulfonamides is 1. The van der Waals surface area contributed by atoms with Gasteiger partial charge < -0.3 is 0 Å². The Morgan fingerprint density at radius 1 is 1.04 bits per heavy atom. The van der Waals surface area contributed by atoms with E-state index >= 15 is 0 Å². The van der Waals surface area contributed by atoms with Gasteiger partial charge in [-0.05, 0) is 24.3 Å². The van der Waals surface area contributed by atoms with Crippen molar-refractivity contribution in [1.82, 2.24) is 23.2 Å². The molecule has 0 aliphatic carbocycles. The lowest BCUT2D eigenvalue weighted by Crippen LogP contribution is -2.23. The second kappa shape index (κ2) is 6.36. The van der Waals surface area contributed by atoms with Crippen LogP contribution in [-0.4, -0.2) is 26.9 Å². The van der Waals surface area contributed by atoms with Crippen molar-refractivity contribution >= 4 is 32.8 Å². The highest BCUT2D eigenvalue weighted by atomic mass is 32.2. The van der Waals surface area contributed by atoms with E-state index in [1.807, 2.05) is 30.3 Å². The van der Waals surface area contributed by atoms with E-state index in [1.165, 1.54) is 6.07 Å². The molecule has 0 aliphatic rings. The second-order valence-corrected chi connectivity index (χ2v) is 7.61. The van der Waals surface area contributed by atoms with E-state index in [0.717, 1.165) is 23.0 Å². The second-order valence-electron chi connectivity index (χ2n) is 5.34. The lowest BCUT2D eigenvalue weighted by Gasteiger charge is -2.05. The molecule has 0 amide bonds. The van der Waals surface area contributed by atoms with Crippen molar-refractivity contribution in [1.29, 1.82) is 0 Å². The van der Waals surface area contributed by atoms with Gasteiger partial charge in [0, 0.05) is 18.3 Å². The van der Waals surface area contributed by atoms with Gasteiger partial charge in [-0.2, -0.15) is 13.8 Å². The van der Waals surface area contributed by atoms with Crippen molar-refractivity contribution in [3.8, 4) is 5.69 Å². The standard InChI is InChI=1S/C16H13N5O2S2/c22-25(23,15-8-4-7-14-16(15)20-24-19-14)18-10-12-9-17-21(11-12)13-5-2-1-3-6-13/h1-9,11,18H,10H2. The molecule has 0 bridgehead atoms. The van der Waals surface area contributed by atoms with Crippen LogP contribution in [0.25, 0.3) is 16.7 Å². The van der Waals surface area contributed by atoms with Gasteiger partial charge in [0.15, 0.2) is 0 Å². The molecule has 0 radical (unpaired) electrons. The Kier molecular flexibility index (Phi) is 4.04. The molecule has 126 valence electrons. The third-order valence-corrected chi connectivity index (χ3v) is 5.64. The molecule has 0 aliphatic heterocycles. The molecule has 2 aromatic carbocycles. The number of nitrogens with one attached hydrogen (secondary N) is 1. The fourth-order valence-electron chi connectivity index (χ4n) is 2.43. The van der Waals surface area contributed by atoms with Gasteiger partial charge in [0.1, 0.15) is 15.9 Å². The van der Waals surface area contributed by atoms with Crippen LogP contribution in [0, 0.1) is 0 Å². The summed E-state index contributed by atoms with van der Waals surface area (Å²) in [6.45, 7) is 0.142. The van der Waals surface area contributed by atoms with Crippen molar-refractivity contribution < 1.29 is 8.42 Å². The van der Waals surface area contributed by atoms with Gasteiger partial charge in [-0.25, -0.2) is 17.8 Å². The van der Waals surface area contributed by atoms with Crippen molar-refractivity contribution in [3.63, 3.8) is 0 Å². The summed E-state index contributed by atoms with van der Waals surface area (Å²) in [6, 6.07) is 14.5. The summed E-state index contributed by atoms with van der Waals surface area (Å²) in [4.78, 5) is 0.134. The number of hydrogen-bond donors (Lipinski definition) is 1. The predicted molar refractivity (Wildman–Crippen MR) is 95.0 cm³/mol. The summed E-state index contributed by atoms with van der Waals surface area (Å²) in [5.41, 5.74) is 2.63. The number of hydrogen-bond acceptors (Lipinski definition) is 6. The number of fused-ring (bicyclic) bond motifs is 1. The summed E-state index contributed by atoms with van der Waals surface area (Å²) in [5, 5.41) is 4.26. The summed E-state index contributed by atoms with van der Waals surface area (Å²) in [6.07, 6.45) is 3.43. The fraction of sp³-hybridized carbons (Fsp3) is 0.0625. The van der Waals surface area contributed by atoms with Crippen molar-refractivity contribution in [2.75, 3.05) is 0 Å². The normalized spacial score (nSPS) is 11.8. The molecule has 2 heterocycles. The highest BCUT2D eigenvalue weighted by Crippen LogP contribution is 2.21. The number of nitrogens with zero attached hydrogens (tertiary/aromatic N) is 4. The maximum atomic E-state index is 12.6. The van der Waals surface area contributed by atoms with Crippen molar-refractivity contribution in [3.05, 3.63) is 66.5 Å². The van der Waals surface area contributed by atoms with Crippen LogP contribution >= 0.6 is 11.7 Å². The highest BCUT2D eigenvalue weighted by molar-refractivity contribution is 7.89.